The number of nitrogens with one attached hydrogen (secondary N) is 2. The Morgan fingerprint density at radius 1 is 1.22 bits per heavy atom. The SMILES string of the molecule is CCNC(=O)c1ccc(CN=C(NCC)N2CCSC(C(C)C)C2)cc1.I. The van der Waals surface area contributed by atoms with Gasteiger partial charge in [0.15, 0.2) is 5.96 Å². The van der Waals surface area contributed by atoms with Crippen LogP contribution in [0.15, 0.2) is 29.3 Å². The van der Waals surface area contributed by atoms with Crippen LogP contribution in [0.4, 0.5) is 0 Å². The van der Waals surface area contributed by atoms with Crippen LogP contribution in [0.5, 0.6) is 0 Å². The number of nitrogens with zero attached hydrogens (tertiary/aromatic N) is 2. The summed E-state index contributed by atoms with van der Waals surface area (Å²) < 4.78 is 0. The number of hydrogen-bond acceptors (Lipinski definition) is 3. The summed E-state index contributed by atoms with van der Waals surface area (Å²) in [5.74, 6) is 2.79. The highest BCUT2D eigenvalue weighted by Crippen LogP contribution is 2.25. The van der Waals surface area contributed by atoms with Crippen LogP contribution in [0.2, 0.25) is 0 Å². The van der Waals surface area contributed by atoms with Crippen molar-refractivity contribution in [3.05, 3.63) is 35.4 Å². The number of carbonyl (C=O) groups is 1. The van der Waals surface area contributed by atoms with Crippen LogP contribution in [0.1, 0.15) is 43.6 Å². The molecule has 1 amide bonds. The van der Waals surface area contributed by atoms with E-state index in [-0.39, 0.29) is 29.9 Å². The summed E-state index contributed by atoms with van der Waals surface area (Å²) in [7, 11) is 0. The Bertz CT molecular complexity index is 607. The Morgan fingerprint density at radius 3 is 2.48 bits per heavy atom. The topological polar surface area (TPSA) is 56.7 Å². The first-order chi connectivity index (χ1) is 12.5. The van der Waals surface area contributed by atoms with Crippen molar-refractivity contribution in [1.29, 1.82) is 0 Å². The van der Waals surface area contributed by atoms with Gasteiger partial charge in [-0.3, -0.25) is 4.79 Å². The van der Waals surface area contributed by atoms with Crippen molar-refractivity contribution >= 4 is 47.6 Å². The molecule has 0 spiro atoms. The molecule has 2 N–H and O–H groups in total. The Balaban J connectivity index is 0.00000364. The third-order valence-corrected chi connectivity index (χ3v) is 5.98. The molecule has 0 aliphatic carbocycles. The molecule has 0 radical (unpaired) electrons. The number of hydrogen-bond donors (Lipinski definition) is 2. The van der Waals surface area contributed by atoms with Gasteiger partial charge in [0, 0.05) is 42.7 Å². The normalized spacial score (nSPS) is 17.4. The van der Waals surface area contributed by atoms with Crippen molar-refractivity contribution < 1.29 is 4.79 Å². The molecule has 5 nitrogen and oxygen atoms in total. The van der Waals surface area contributed by atoms with Crippen LogP contribution in [0.25, 0.3) is 0 Å². The first kappa shape index (κ1) is 24.1. The number of halogens is 1. The fraction of sp³-hybridized carbons (Fsp3) is 0.600. The van der Waals surface area contributed by atoms with Crippen molar-refractivity contribution in [2.24, 2.45) is 10.9 Å². The second-order valence-corrected chi connectivity index (χ2v) is 8.17. The van der Waals surface area contributed by atoms with E-state index in [0.717, 1.165) is 36.9 Å². The van der Waals surface area contributed by atoms with E-state index < -0.39 is 0 Å². The Labute approximate surface area is 185 Å². The van der Waals surface area contributed by atoms with Crippen LogP contribution in [-0.4, -0.2) is 53.9 Å². The first-order valence-electron chi connectivity index (χ1n) is 9.57. The lowest BCUT2D eigenvalue weighted by molar-refractivity contribution is 0.0956. The molecule has 0 saturated carbocycles. The lowest BCUT2D eigenvalue weighted by atomic mass is 10.1. The molecule has 27 heavy (non-hydrogen) atoms. The molecule has 1 unspecified atom stereocenters. The summed E-state index contributed by atoms with van der Waals surface area (Å²) in [5, 5.41) is 6.91. The predicted octanol–water partition coefficient (Wildman–Crippen LogP) is 3.59. The molecule has 1 fully saturated rings. The molecule has 7 heteroatoms. The molecule has 152 valence electrons. The fourth-order valence-corrected chi connectivity index (χ4v) is 4.19. The third kappa shape index (κ3) is 7.52. The highest BCUT2D eigenvalue weighted by Gasteiger charge is 2.24. The maximum Gasteiger partial charge on any atom is 0.251 e. The van der Waals surface area contributed by atoms with Gasteiger partial charge in [0.1, 0.15) is 0 Å². The second kappa shape index (κ2) is 12.5. The van der Waals surface area contributed by atoms with Crippen molar-refractivity contribution in [3.63, 3.8) is 0 Å². The van der Waals surface area contributed by atoms with Gasteiger partial charge >= 0.3 is 0 Å². The summed E-state index contributed by atoms with van der Waals surface area (Å²) >= 11 is 2.07. The average molecular weight is 504 g/mol. The van der Waals surface area contributed by atoms with E-state index in [1.165, 1.54) is 0 Å². The molecule has 1 aromatic rings. The summed E-state index contributed by atoms with van der Waals surface area (Å²) in [6.45, 7) is 12.8. The third-order valence-electron chi connectivity index (χ3n) is 4.44. The first-order valence-corrected chi connectivity index (χ1v) is 10.6. The van der Waals surface area contributed by atoms with Crippen LogP contribution in [0.3, 0.4) is 0 Å². The molecule has 2 rings (SSSR count). The summed E-state index contributed by atoms with van der Waals surface area (Å²) in [5.41, 5.74) is 1.81. The van der Waals surface area contributed by atoms with E-state index in [0.29, 0.717) is 29.8 Å². The Morgan fingerprint density at radius 2 is 1.89 bits per heavy atom. The van der Waals surface area contributed by atoms with Gasteiger partial charge in [0.05, 0.1) is 6.54 Å². The fourth-order valence-electron chi connectivity index (χ4n) is 2.89. The molecule has 1 aliphatic heterocycles. The number of benzene rings is 1. The minimum Gasteiger partial charge on any atom is -0.357 e. The highest BCUT2D eigenvalue weighted by molar-refractivity contribution is 14.0. The molecule has 0 bridgehead atoms. The molecule has 1 heterocycles. The second-order valence-electron chi connectivity index (χ2n) is 6.83. The van der Waals surface area contributed by atoms with E-state index in [2.05, 4.69) is 48.1 Å². The monoisotopic (exact) mass is 504 g/mol. The molecule has 1 aromatic carbocycles. The Kier molecular flexibility index (Phi) is 11.1. The van der Waals surface area contributed by atoms with Gasteiger partial charge in [0.25, 0.3) is 5.91 Å². The molecular weight excluding hydrogens is 471 g/mol. The minimum absolute atomic E-state index is 0. The van der Waals surface area contributed by atoms with Crippen molar-refractivity contribution in [2.75, 3.05) is 31.9 Å². The maximum atomic E-state index is 11.8. The molecule has 1 saturated heterocycles. The van der Waals surface area contributed by atoms with Crippen LogP contribution in [-0.2, 0) is 6.54 Å². The zero-order valence-corrected chi connectivity index (χ0v) is 20.0. The van der Waals surface area contributed by atoms with Gasteiger partial charge in [-0.15, -0.1) is 24.0 Å². The minimum atomic E-state index is -0.0265. The van der Waals surface area contributed by atoms with Crippen LogP contribution >= 0.6 is 35.7 Å². The smallest absolute Gasteiger partial charge is 0.251 e. The number of amides is 1. The van der Waals surface area contributed by atoms with Crippen LogP contribution < -0.4 is 10.6 Å². The van der Waals surface area contributed by atoms with Gasteiger partial charge in [-0.05, 0) is 37.5 Å². The number of rotatable bonds is 6. The van der Waals surface area contributed by atoms with Gasteiger partial charge in [-0.25, -0.2) is 4.99 Å². The highest BCUT2D eigenvalue weighted by atomic mass is 127. The van der Waals surface area contributed by atoms with E-state index in [1.807, 2.05) is 31.2 Å². The van der Waals surface area contributed by atoms with Gasteiger partial charge < -0.3 is 15.5 Å². The van der Waals surface area contributed by atoms with E-state index in [4.69, 9.17) is 4.99 Å². The molecule has 1 atom stereocenters. The summed E-state index contributed by atoms with van der Waals surface area (Å²) in [6, 6.07) is 7.71. The largest absolute Gasteiger partial charge is 0.357 e. The van der Waals surface area contributed by atoms with Crippen molar-refractivity contribution in [2.45, 2.75) is 39.5 Å². The summed E-state index contributed by atoms with van der Waals surface area (Å²) in [4.78, 5) is 19.1. The van der Waals surface area contributed by atoms with Gasteiger partial charge in [-0.1, -0.05) is 26.0 Å². The van der Waals surface area contributed by atoms with Crippen molar-refractivity contribution in [3.8, 4) is 0 Å². The van der Waals surface area contributed by atoms with Crippen molar-refractivity contribution in [1.82, 2.24) is 15.5 Å². The molecule has 0 aromatic heterocycles. The van der Waals surface area contributed by atoms with E-state index in [9.17, 15) is 4.79 Å². The standard InChI is InChI=1S/C20H32N4OS.HI/c1-5-21-19(25)17-9-7-16(8-10-17)13-23-20(22-6-2)24-11-12-26-18(14-24)15(3)4;/h7-10,15,18H,5-6,11-14H2,1-4H3,(H,21,25)(H,22,23);1H. The zero-order valence-electron chi connectivity index (χ0n) is 16.8. The van der Waals surface area contributed by atoms with Gasteiger partial charge in [0.2, 0.25) is 0 Å². The quantitative estimate of drug-likeness (QED) is 0.353. The number of thioether (sulfide) groups is 1. The Hall–Kier alpha value is -0.960. The molecule has 1 aliphatic rings. The lowest BCUT2D eigenvalue weighted by Crippen LogP contribution is -2.49. The summed E-state index contributed by atoms with van der Waals surface area (Å²) in [6.07, 6.45) is 0. The van der Waals surface area contributed by atoms with E-state index in [1.54, 1.807) is 0 Å². The predicted molar refractivity (Wildman–Crippen MR) is 127 cm³/mol. The lowest BCUT2D eigenvalue weighted by Gasteiger charge is -2.36. The molecular formula is C20H33IN4OS. The zero-order chi connectivity index (χ0) is 18.9. The number of aliphatic imine (C=N–C) groups is 1. The number of guanidine groups is 1. The number of carbonyl (C=O) groups excluding carboxylic acids is 1. The van der Waals surface area contributed by atoms with Crippen LogP contribution in [0, 0.1) is 5.92 Å². The van der Waals surface area contributed by atoms with Gasteiger partial charge in [-0.2, -0.15) is 11.8 Å². The van der Waals surface area contributed by atoms with E-state index >= 15 is 0 Å². The average Bonchev–Trinajstić information content (AvgIpc) is 2.66. The maximum absolute atomic E-state index is 11.8.